The van der Waals surface area contributed by atoms with Crippen molar-refractivity contribution in [2.24, 2.45) is 11.8 Å². The first-order valence-corrected chi connectivity index (χ1v) is 12.5. The Kier molecular flexibility index (Phi) is 14.4. The summed E-state index contributed by atoms with van der Waals surface area (Å²) in [5, 5.41) is 37.4. The van der Waals surface area contributed by atoms with E-state index >= 15 is 0 Å². The third-order valence-corrected chi connectivity index (χ3v) is 5.13. The number of alkyl carbamates (subject to hydrolysis) is 1. The fourth-order valence-corrected chi connectivity index (χ4v) is 3.18. The molecule has 0 heterocycles. The number of nitrogens with one attached hydrogen (secondary N) is 4. The summed E-state index contributed by atoms with van der Waals surface area (Å²) < 4.78 is 5.13. The van der Waals surface area contributed by atoms with Crippen molar-refractivity contribution in [2.45, 2.75) is 91.1 Å². The molecule has 0 aromatic rings. The van der Waals surface area contributed by atoms with Crippen LogP contribution in [0.3, 0.4) is 0 Å². The van der Waals surface area contributed by atoms with Gasteiger partial charge < -0.3 is 36.2 Å². The van der Waals surface area contributed by atoms with E-state index in [0.29, 0.717) is 0 Å². The molecule has 0 bridgehead atoms. The second kappa shape index (κ2) is 15.8. The number of hydrogen-bond acceptors (Lipinski definition) is 9. The van der Waals surface area contributed by atoms with Crippen LogP contribution < -0.4 is 21.3 Å². The van der Waals surface area contributed by atoms with Crippen molar-refractivity contribution >= 4 is 35.7 Å². The third kappa shape index (κ3) is 13.8. The van der Waals surface area contributed by atoms with Crippen molar-refractivity contribution in [1.82, 2.24) is 26.3 Å². The average Bonchev–Trinajstić information content (AvgIpc) is 2.77. The summed E-state index contributed by atoms with van der Waals surface area (Å²) in [4.78, 5) is 74.5. The first-order chi connectivity index (χ1) is 17.8. The van der Waals surface area contributed by atoms with Gasteiger partial charge in [-0.1, -0.05) is 27.7 Å². The highest BCUT2D eigenvalue weighted by atomic mass is 16.6. The number of aliphatic carboxylic acids is 1. The standard InChI is InChI=1S/C24H43N5O10/c1-12(2)9-14(19(32)26-16(11-30)22(35)36)25-21(34)18(13(3)4)28-20(33)15(10-17(31)29(8)38)27-23(37)39-24(5,6)7/h12-16,18,30,38H,9-11H2,1-8H3,(H,25,34)(H,26,32)(H,27,37)(H,28,33)(H,35,36)/t14-,15-,16-,18-/m0/s1. The van der Waals surface area contributed by atoms with Crippen LogP contribution in [0, 0.1) is 11.8 Å². The van der Waals surface area contributed by atoms with Gasteiger partial charge in [0, 0.05) is 7.05 Å². The molecule has 15 nitrogen and oxygen atoms in total. The molecule has 0 fully saturated rings. The highest BCUT2D eigenvalue weighted by Crippen LogP contribution is 2.11. The Morgan fingerprint density at radius 2 is 1.33 bits per heavy atom. The highest BCUT2D eigenvalue weighted by Gasteiger charge is 2.34. The molecular weight excluding hydrogens is 518 g/mol. The van der Waals surface area contributed by atoms with Gasteiger partial charge in [-0.05, 0) is 39.0 Å². The number of carboxylic acid groups (broad SMARTS) is 1. The lowest BCUT2D eigenvalue weighted by atomic mass is 9.99. The third-order valence-electron chi connectivity index (χ3n) is 5.13. The van der Waals surface area contributed by atoms with E-state index in [4.69, 9.17) is 9.84 Å². The number of carboxylic acids is 1. The molecular formula is C24H43N5O10. The number of hydrogen-bond donors (Lipinski definition) is 7. The summed E-state index contributed by atoms with van der Waals surface area (Å²) in [5.74, 6) is -5.54. The Labute approximate surface area is 228 Å². The van der Waals surface area contributed by atoms with Crippen molar-refractivity contribution in [2.75, 3.05) is 13.7 Å². The molecule has 0 unspecified atom stereocenters. The van der Waals surface area contributed by atoms with E-state index in [2.05, 4.69) is 21.3 Å². The van der Waals surface area contributed by atoms with Crippen LogP contribution in [0.25, 0.3) is 0 Å². The predicted octanol–water partition coefficient (Wildman–Crippen LogP) is -0.649. The maximum Gasteiger partial charge on any atom is 0.408 e. The van der Waals surface area contributed by atoms with Crippen LogP contribution in [0.2, 0.25) is 0 Å². The van der Waals surface area contributed by atoms with Crippen LogP contribution in [0.1, 0.15) is 61.3 Å². The number of nitrogens with zero attached hydrogens (tertiary/aromatic N) is 1. The summed E-state index contributed by atoms with van der Waals surface area (Å²) in [6.07, 6.45) is -1.54. The first-order valence-electron chi connectivity index (χ1n) is 12.5. The predicted molar refractivity (Wildman–Crippen MR) is 137 cm³/mol. The Morgan fingerprint density at radius 1 is 0.821 bits per heavy atom. The number of amides is 5. The number of aliphatic hydroxyl groups is 1. The van der Waals surface area contributed by atoms with Crippen LogP contribution in [0.15, 0.2) is 0 Å². The van der Waals surface area contributed by atoms with E-state index < -0.39 is 84.4 Å². The van der Waals surface area contributed by atoms with Crippen molar-refractivity contribution in [3.63, 3.8) is 0 Å². The fraction of sp³-hybridized carbons (Fsp3) is 0.750. The minimum Gasteiger partial charge on any atom is -0.480 e. The van der Waals surface area contributed by atoms with Crippen LogP contribution in [0.5, 0.6) is 0 Å². The Bertz CT molecular complexity index is 885. The molecule has 0 aliphatic carbocycles. The number of rotatable bonds is 14. The number of ether oxygens (including phenoxy) is 1. The van der Waals surface area contributed by atoms with Gasteiger partial charge in [0.15, 0.2) is 0 Å². The zero-order valence-corrected chi connectivity index (χ0v) is 23.7. The fourth-order valence-electron chi connectivity index (χ4n) is 3.18. The number of carbonyl (C=O) groups is 6. The summed E-state index contributed by atoms with van der Waals surface area (Å²) in [5.41, 5.74) is -0.912. The zero-order chi connectivity index (χ0) is 30.7. The summed E-state index contributed by atoms with van der Waals surface area (Å²) >= 11 is 0. The topological polar surface area (TPSA) is 224 Å². The minimum atomic E-state index is -1.58. The van der Waals surface area contributed by atoms with Gasteiger partial charge in [-0.2, -0.15) is 0 Å². The van der Waals surface area contributed by atoms with Gasteiger partial charge in [-0.25, -0.2) is 14.7 Å². The van der Waals surface area contributed by atoms with E-state index in [-0.39, 0.29) is 17.4 Å². The maximum absolute atomic E-state index is 13.2. The molecule has 0 saturated carbocycles. The van der Waals surface area contributed by atoms with E-state index in [1.807, 2.05) is 0 Å². The average molecular weight is 562 g/mol. The molecule has 0 saturated heterocycles. The quantitative estimate of drug-likeness (QED) is 0.105. The summed E-state index contributed by atoms with van der Waals surface area (Å²) in [6.45, 7) is 10.7. The summed E-state index contributed by atoms with van der Waals surface area (Å²) in [7, 11) is 1.04. The van der Waals surface area contributed by atoms with E-state index in [0.717, 1.165) is 7.05 Å². The Morgan fingerprint density at radius 3 is 1.74 bits per heavy atom. The molecule has 5 amide bonds. The molecule has 0 radical (unpaired) electrons. The van der Waals surface area contributed by atoms with Crippen LogP contribution in [-0.2, 0) is 28.7 Å². The van der Waals surface area contributed by atoms with Crippen molar-refractivity contribution in [3.8, 4) is 0 Å². The maximum atomic E-state index is 13.2. The lowest BCUT2D eigenvalue weighted by Gasteiger charge is -2.28. The molecule has 0 aliphatic heterocycles. The zero-order valence-electron chi connectivity index (χ0n) is 23.7. The molecule has 0 aromatic heterocycles. The molecule has 4 atom stereocenters. The Balaban J connectivity index is 5.84. The minimum absolute atomic E-state index is 0.102. The highest BCUT2D eigenvalue weighted by molar-refractivity contribution is 5.96. The molecule has 224 valence electrons. The van der Waals surface area contributed by atoms with E-state index in [9.17, 15) is 39.1 Å². The largest absolute Gasteiger partial charge is 0.480 e. The van der Waals surface area contributed by atoms with Gasteiger partial charge >= 0.3 is 12.1 Å². The molecule has 0 aliphatic rings. The summed E-state index contributed by atoms with van der Waals surface area (Å²) in [6, 6.07) is -5.53. The Hall–Kier alpha value is -3.46. The van der Waals surface area contributed by atoms with E-state index in [1.165, 1.54) is 0 Å². The molecule has 7 N–H and O–H groups in total. The van der Waals surface area contributed by atoms with Crippen LogP contribution in [0.4, 0.5) is 4.79 Å². The van der Waals surface area contributed by atoms with E-state index in [1.54, 1.807) is 48.5 Å². The lowest BCUT2D eigenvalue weighted by molar-refractivity contribution is -0.160. The number of aliphatic hydroxyl groups excluding tert-OH is 1. The second-order valence-electron chi connectivity index (χ2n) is 10.8. The van der Waals surface area contributed by atoms with Crippen molar-refractivity contribution in [1.29, 1.82) is 0 Å². The number of carbonyl (C=O) groups excluding carboxylic acids is 5. The van der Waals surface area contributed by atoms with Crippen molar-refractivity contribution in [3.05, 3.63) is 0 Å². The van der Waals surface area contributed by atoms with Gasteiger partial charge in [0.25, 0.3) is 0 Å². The molecule has 0 rings (SSSR count). The molecule has 39 heavy (non-hydrogen) atoms. The monoisotopic (exact) mass is 561 g/mol. The lowest BCUT2D eigenvalue weighted by Crippen LogP contribution is -2.59. The van der Waals surface area contributed by atoms with Gasteiger partial charge in [-0.15, -0.1) is 0 Å². The van der Waals surface area contributed by atoms with Gasteiger partial charge in [0.2, 0.25) is 23.6 Å². The normalized spacial score (nSPS) is 14.5. The van der Waals surface area contributed by atoms with Crippen LogP contribution >= 0.6 is 0 Å². The first kappa shape index (κ1) is 35.5. The number of hydroxylamine groups is 2. The van der Waals surface area contributed by atoms with Crippen molar-refractivity contribution < 1.29 is 48.9 Å². The van der Waals surface area contributed by atoms with Gasteiger partial charge in [0.05, 0.1) is 13.0 Å². The smallest absolute Gasteiger partial charge is 0.408 e. The molecule has 15 heteroatoms. The van der Waals surface area contributed by atoms with Gasteiger partial charge in [0.1, 0.15) is 29.8 Å². The molecule has 0 aromatic carbocycles. The van der Waals surface area contributed by atoms with Gasteiger partial charge in [-0.3, -0.25) is 24.4 Å². The SMILES string of the molecule is CC(C)C[C@H](NC(=O)[C@@H](NC(=O)[C@H](CC(=O)N(C)O)NC(=O)OC(C)(C)C)C(C)C)C(=O)N[C@@H](CO)C(=O)O. The second-order valence-corrected chi connectivity index (χ2v) is 10.8. The molecule has 0 spiro atoms. The van der Waals surface area contributed by atoms with Crippen LogP contribution in [-0.4, -0.2) is 99.6 Å².